The van der Waals surface area contributed by atoms with Crippen molar-refractivity contribution < 1.29 is 4.74 Å². The molecule has 2 nitrogen and oxygen atoms in total. The van der Waals surface area contributed by atoms with E-state index in [2.05, 4.69) is 37.2 Å². The molecule has 0 spiro atoms. The molecule has 1 unspecified atom stereocenters. The van der Waals surface area contributed by atoms with Gasteiger partial charge in [0.25, 0.3) is 0 Å². The van der Waals surface area contributed by atoms with Crippen molar-refractivity contribution in [2.24, 2.45) is 0 Å². The first-order valence-corrected chi connectivity index (χ1v) is 8.82. The van der Waals surface area contributed by atoms with E-state index >= 15 is 0 Å². The lowest BCUT2D eigenvalue weighted by Crippen LogP contribution is -2.06. The van der Waals surface area contributed by atoms with Crippen LogP contribution in [0.5, 0.6) is 5.75 Å². The van der Waals surface area contributed by atoms with Gasteiger partial charge < -0.3 is 10.1 Å². The van der Waals surface area contributed by atoms with Crippen LogP contribution in [-0.2, 0) is 0 Å². The van der Waals surface area contributed by atoms with Crippen molar-refractivity contribution in [3.8, 4) is 5.75 Å². The van der Waals surface area contributed by atoms with Crippen LogP contribution in [0.2, 0.25) is 8.67 Å². The number of thiophene rings is 1. The lowest BCUT2D eigenvalue weighted by molar-refractivity contribution is 0.412. The molecule has 1 N–H and O–H groups in total. The smallest absolute Gasteiger partial charge is 0.135 e. The Kier molecular flexibility index (Phi) is 5.65. The molecule has 108 valence electrons. The molecule has 1 aromatic carbocycles. The van der Waals surface area contributed by atoms with E-state index in [0.29, 0.717) is 8.67 Å². The lowest BCUT2D eigenvalue weighted by atomic mass is 10.1. The Labute approximate surface area is 148 Å². The molecule has 0 aliphatic rings. The predicted molar refractivity (Wildman–Crippen MR) is 94.8 cm³/mol. The molecule has 0 amide bonds. The Bertz CT molecular complexity index is 633. The second-order valence-corrected chi connectivity index (χ2v) is 8.11. The van der Waals surface area contributed by atoms with Crippen molar-refractivity contribution in [3.63, 3.8) is 0 Å². The van der Waals surface area contributed by atoms with Gasteiger partial charge in [0.1, 0.15) is 5.75 Å². The predicted octanol–water partition coefficient (Wildman–Crippen LogP) is 6.76. The third-order valence-corrected chi connectivity index (χ3v) is 5.56. The molecule has 2 rings (SSSR count). The van der Waals surface area contributed by atoms with E-state index < -0.39 is 0 Å². The van der Waals surface area contributed by atoms with E-state index in [1.165, 1.54) is 11.3 Å². The van der Waals surface area contributed by atoms with Gasteiger partial charge in [0.15, 0.2) is 0 Å². The number of hydrogen-bond donors (Lipinski definition) is 1. The van der Waals surface area contributed by atoms with Gasteiger partial charge in [0.05, 0.1) is 32.0 Å². The zero-order valence-corrected chi connectivity index (χ0v) is 16.1. The summed E-state index contributed by atoms with van der Waals surface area (Å²) in [5.41, 5.74) is 1.91. The normalized spacial score (nSPS) is 12.3. The minimum absolute atomic E-state index is 0.0356. The molecule has 0 radical (unpaired) electrons. The van der Waals surface area contributed by atoms with E-state index in [-0.39, 0.29) is 6.04 Å². The van der Waals surface area contributed by atoms with Crippen molar-refractivity contribution in [3.05, 3.63) is 41.4 Å². The topological polar surface area (TPSA) is 21.3 Å². The summed E-state index contributed by atoms with van der Waals surface area (Å²) in [6.07, 6.45) is 0. The molecular weight excluding hydrogens is 449 g/mol. The highest BCUT2D eigenvalue weighted by molar-refractivity contribution is 9.11. The Morgan fingerprint density at radius 3 is 2.45 bits per heavy atom. The Hall–Kier alpha value is 0.0600. The molecule has 1 aromatic heterocycles. The fourth-order valence-corrected chi connectivity index (χ4v) is 4.67. The highest BCUT2D eigenvalue weighted by atomic mass is 79.9. The summed E-state index contributed by atoms with van der Waals surface area (Å²) in [6, 6.07) is 5.78. The van der Waals surface area contributed by atoms with Crippen molar-refractivity contribution in [2.45, 2.75) is 13.0 Å². The zero-order chi connectivity index (χ0) is 14.9. The van der Waals surface area contributed by atoms with Gasteiger partial charge in [0, 0.05) is 16.1 Å². The van der Waals surface area contributed by atoms with E-state index in [0.717, 1.165) is 25.9 Å². The Morgan fingerprint density at radius 2 is 1.90 bits per heavy atom. The van der Waals surface area contributed by atoms with Crippen LogP contribution in [-0.4, -0.2) is 7.11 Å². The van der Waals surface area contributed by atoms with E-state index in [9.17, 15) is 0 Å². The quantitative estimate of drug-likeness (QED) is 0.545. The van der Waals surface area contributed by atoms with Gasteiger partial charge in [-0.25, -0.2) is 0 Å². The van der Waals surface area contributed by atoms with Crippen LogP contribution in [0.1, 0.15) is 18.5 Å². The standard InChI is InChI=1S/C13H11Br2Cl2NOS/c1-6(7-3-12(16)20-13(7)17)18-10-5-11(19-2)9(15)4-8(10)14/h3-6,18H,1-2H3. The second-order valence-electron chi connectivity index (χ2n) is 4.11. The number of hydrogen-bond acceptors (Lipinski definition) is 3. The van der Waals surface area contributed by atoms with Crippen LogP contribution in [0.3, 0.4) is 0 Å². The number of rotatable bonds is 4. The summed E-state index contributed by atoms with van der Waals surface area (Å²) in [5, 5.41) is 3.40. The third kappa shape index (κ3) is 3.63. The highest BCUT2D eigenvalue weighted by Crippen LogP contribution is 2.39. The maximum Gasteiger partial charge on any atom is 0.135 e. The van der Waals surface area contributed by atoms with Gasteiger partial charge >= 0.3 is 0 Å². The summed E-state index contributed by atoms with van der Waals surface area (Å²) in [4.78, 5) is 0. The van der Waals surface area contributed by atoms with Crippen molar-refractivity contribution in [1.29, 1.82) is 0 Å². The first kappa shape index (κ1) is 16.4. The zero-order valence-electron chi connectivity index (χ0n) is 10.6. The first-order valence-electron chi connectivity index (χ1n) is 5.66. The molecule has 0 aliphatic heterocycles. The fourth-order valence-electron chi connectivity index (χ4n) is 1.76. The highest BCUT2D eigenvalue weighted by Gasteiger charge is 2.15. The monoisotopic (exact) mass is 457 g/mol. The number of benzene rings is 1. The minimum Gasteiger partial charge on any atom is -0.495 e. The number of anilines is 1. The summed E-state index contributed by atoms with van der Waals surface area (Å²) in [6.45, 7) is 2.03. The Morgan fingerprint density at radius 1 is 1.20 bits per heavy atom. The molecule has 0 saturated carbocycles. The van der Waals surface area contributed by atoms with Crippen molar-refractivity contribution >= 4 is 72.1 Å². The molecule has 1 atom stereocenters. The van der Waals surface area contributed by atoms with Crippen LogP contribution in [0.15, 0.2) is 27.1 Å². The van der Waals surface area contributed by atoms with E-state index in [4.69, 9.17) is 27.9 Å². The van der Waals surface area contributed by atoms with Gasteiger partial charge in [-0.05, 0) is 50.9 Å². The van der Waals surface area contributed by atoms with Gasteiger partial charge in [-0.3, -0.25) is 0 Å². The molecule has 0 saturated heterocycles. The van der Waals surface area contributed by atoms with Crippen molar-refractivity contribution in [2.75, 3.05) is 12.4 Å². The number of methoxy groups -OCH3 is 1. The lowest BCUT2D eigenvalue weighted by Gasteiger charge is -2.17. The van der Waals surface area contributed by atoms with Crippen LogP contribution in [0.4, 0.5) is 5.69 Å². The maximum absolute atomic E-state index is 6.18. The van der Waals surface area contributed by atoms with Crippen LogP contribution in [0, 0.1) is 0 Å². The molecular formula is C13H11Br2Cl2NOS. The third-order valence-electron chi connectivity index (χ3n) is 2.76. The van der Waals surface area contributed by atoms with Gasteiger partial charge in [0.2, 0.25) is 0 Å². The van der Waals surface area contributed by atoms with Crippen LogP contribution in [0.25, 0.3) is 0 Å². The van der Waals surface area contributed by atoms with Gasteiger partial charge in [-0.2, -0.15) is 0 Å². The molecule has 1 heterocycles. The first-order chi connectivity index (χ1) is 9.42. The van der Waals surface area contributed by atoms with Gasteiger partial charge in [-0.15, -0.1) is 11.3 Å². The average molecular weight is 460 g/mol. The van der Waals surface area contributed by atoms with Crippen LogP contribution >= 0.6 is 66.4 Å². The second kappa shape index (κ2) is 6.88. The number of ether oxygens (including phenoxy) is 1. The molecule has 20 heavy (non-hydrogen) atoms. The molecule has 2 aromatic rings. The molecule has 7 heteroatoms. The largest absolute Gasteiger partial charge is 0.495 e. The van der Waals surface area contributed by atoms with E-state index in [1.807, 2.05) is 25.1 Å². The SMILES string of the molecule is COc1cc(NC(C)c2cc(Cl)sc2Cl)c(Br)cc1Br. The van der Waals surface area contributed by atoms with E-state index in [1.54, 1.807) is 7.11 Å². The van der Waals surface area contributed by atoms with Gasteiger partial charge in [-0.1, -0.05) is 23.2 Å². The number of halogens is 4. The number of nitrogens with one attached hydrogen (secondary N) is 1. The Balaban J connectivity index is 2.27. The van der Waals surface area contributed by atoms with Crippen molar-refractivity contribution in [1.82, 2.24) is 0 Å². The summed E-state index contributed by atoms with van der Waals surface area (Å²) >= 11 is 20.5. The summed E-state index contributed by atoms with van der Waals surface area (Å²) in [5.74, 6) is 0.761. The fraction of sp³-hybridized carbons (Fsp3) is 0.231. The molecule has 0 fully saturated rings. The molecule has 0 bridgehead atoms. The average Bonchev–Trinajstić information content (AvgIpc) is 2.71. The van der Waals surface area contributed by atoms with Crippen LogP contribution < -0.4 is 10.1 Å². The summed E-state index contributed by atoms with van der Waals surface area (Å²) < 4.78 is 8.52. The summed E-state index contributed by atoms with van der Waals surface area (Å²) in [7, 11) is 1.64. The maximum atomic E-state index is 6.18. The molecule has 0 aliphatic carbocycles. The minimum atomic E-state index is 0.0356.